The zero-order valence-corrected chi connectivity index (χ0v) is 6.70. The molecular weight excluding hydrogens is 140 g/mol. The number of nitrogens with one attached hydrogen (secondary N) is 1. The number of rotatable bonds is 0. The Morgan fingerprint density at radius 3 is 2.73 bits per heavy atom. The maximum Gasteiger partial charge on any atom is 0.123 e. The van der Waals surface area contributed by atoms with Gasteiger partial charge in [0.15, 0.2) is 0 Å². The number of nitrogens with zero attached hydrogens (tertiary/aromatic N) is 1. The van der Waals surface area contributed by atoms with Gasteiger partial charge in [0.1, 0.15) is 5.71 Å². The zero-order chi connectivity index (χ0) is 8.43. The third kappa shape index (κ3) is 1.31. The van der Waals surface area contributed by atoms with Gasteiger partial charge in [0, 0.05) is 5.92 Å². The normalized spacial score (nSPS) is 34.7. The maximum atomic E-state index is 8.46. The first kappa shape index (κ1) is 7.98. The topological polar surface area (TPSA) is 56.4 Å². The van der Waals surface area contributed by atoms with Gasteiger partial charge in [-0.15, -0.1) is 0 Å². The fourth-order valence-electron chi connectivity index (χ4n) is 1.08. The van der Waals surface area contributed by atoms with Gasteiger partial charge in [0.25, 0.3) is 0 Å². The van der Waals surface area contributed by atoms with Gasteiger partial charge in [-0.1, -0.05) is 25.1 Å². The van der Waals surface area contributed by atoms with Crippen LogP contribution in [0, 0.1) is 17.2 Å². The predicted molar refractivity (Wildman–Crippen MR) is 44.4 cm³/mol. The summed E-state index contributed by atoms with van der Waals surface area (Å²) >= 11 is 0. The van der Waals surface area contributed by atoms with Gasteiger partial charge in [-0.2, -0.15) is 0 Å². The summed E-state index contributed by atoms with van der Waals surface area (Å²) in [6.45, 7) is 4.01. The quantitative estimate of drug-likeness (QED) is 0.402. The average molecular weight is 152 g/mol. The van der Waals surface area contributed by atoms with Gasteiger partial charge < -0.3 is 10.6 Å². The minimum Gasteiger partial charge on any atom is -0.410 e. The van der Waals surface area contributed by atoms with Gasteiger partial charge in [-0.25, -0.2) is 0 Å². The van der Waals surface area contributed by atoms with E-state index in [-0.39, 0.29) is 5.92 Å². The zero-order valence-electron chi connectivity index (χ0n) is 6.70. The van der Waals surface area contributed by atoms with Crippen molar-refractivity contribution in [3.63, 3.8) is 0 Å². The van der Waals surface area contributed by atoms with Gasteiger partial charge in [0.05, 0.1) is 5.71 Å². The molecule has 2 unspecified atom stereocenters. The van der Waals surface area contributed by atoms with Crippen LogP contribution in [0.15, 0.2) is 17.3 Å². The SMILES string of the molecule is CC1C=C/C(=N/O)C(=N)C1C. The molecular formula is C8H12N2O. The van der Waals surface area contributed by atoms with Crippen LogP contribution in [0.4, 0.5) is 0 Å². The van der Waals surface area contributed by atoms with Crippen LogP contribution in [0.3, 0.4) is 0 Å². The third-order valence-electron chi connectivity index (χ3n) is 2.19. The predicted octanol–water partition coefficient (Wildman–Crippen LogP) is 1.68. The lowest BCUT2D eigenvalue weighted by atomic mass is 9.84. The Kier molecular flexibility index (Phi) is 2.08. The minimum absolute atomic E-state index is 0.158. The summed E-state index contributed by atoms with van der Waals surface area (Å²) in [4.78, 5) is 0. The van der Waals surface area contributed by atoms with E-state index in [1.807, 2.05) is 19.9 Å². The molecule has 0 radical (unpaired) electrons. The molecule has 1 aliphatic carbocycles. The highest BCUT2D eigenvalue weighted by molar-refractivity contribution is 6.46. The Hall–Kier alpha value is -1.12. The van der Waals surface area contributed by atoms with Crippen molar-refractivity contribution in [3.8, 4) is 0 Å². The van der Waals surface area contributed by atoms with Crippen LogP contribution in [-0.4, -0.2) is 16.6 Å². The molecule has 0 bridgehead atoms. The van der Waals surface area contributed by atoms with E-state index in [0.717, 1.165) is 0 Å². The Morgan fingerprint density at radius 2 is 2.18 bits per heavy atom. The minimum atomic E-state index is 0.158. The molecule has 1 rings (SSSR count). The molecule has 2 N–H and O–H groups in total. The van der Waals surface area contributed by atoms with E-state index in [0.29, 0.717) is 17.3 Å². The van der Waals surface area contributed by atoms with Crippen LogP contribution >= 0.6 is 0 Å². The van der Waals surface area contributed by atoms with Crippen molar-refractivity contribution in [2.24, 2.45) is 17.0 Å². The second kappa shape index (κ2) is 2.86. The van der Waals surface area contributed by atoms with Crippen LogP contribution in [0.1, 0.15) is 13.8 Å². The fraction of sp³-hybridized carbons (Fsp3) is 0.500. The molecule has 0 spiro atoms. The summed E-state index contributed by atoms with van der Waals surface area (Å²) in [5.41, 5.74) is 0.804. The van der Waals surface area contributed by atoms with Gasteiger partial charge in [-0.3, -0.25) is 0 Å². The lowest BCUT2D eigenvalue weighted by Gasteiger charge is -2.21. The van der Waals surface area contributed by atoms with Crippen LogP contribution < -0.4 is 0 Å². The molecule has 3 nitrogen and oxygen atoms in total. The fourth-order valence-corrected chi connectivity index (χ4v) is 1.08. The highest BCUT2D eigenvalue weighted by Crippen LogP contribution is 2.19. The number of allylic oxidation sites excluding steroid dienone is 2. The number of oxime groups is 1. The summed E-state index contributed by atoms with van der Waals surface area (Å²) in [5, 5.41) is 19.0. The Labute approximate surface area is 65.9 Å². The Balaban J connectivity index is 2.94. The van der Waals surface area contributed by atoms with Crippen molar-refractivity contribution in [3.05, 3.63) is 12.2 Å². The monoisotopic (exact) mass is 152 g/mol. The third-order valence-corrected chi connectivity index (χ3v) is 2.19. The lowest BCUT2D eigenvalue weighted by molar-refractivity contribution is 0.320. The average Bonchev–Trinajstić information content (AvgIpc) is 2.01. The largest absolute Gasteiger partial charge is 0.410 e. The molecule has 11 heavy (non-hydrogen) atoms. The summed E-state index contributed by atoms with van der Waals surface area (Å²) < 4.78 is 0. The molecule has 0 saturated heterocycles. The molecule has 0 fully saturated rings. The van der Waals surface area contributed by atoms with E-state index in [2.05, 4.69) is 5.16 Å². The maximum absolute atomic E-state index is 8.46. The molecule has 60 valence electrons. The van der Waals surface area contributed by atoms with Gasteiger partial charge in [-0.05, 0) is 12.0 Å². The number of hydrogen-bond donors (Lipinski definition) is 2. The lowest BCUT2D eigenvalue weighted by Crippen LogP contribution is -2.27. The van der Waals surface area contributed by atoms with E-state index >= 15 is 0 Å². The highest BCUT2D eigenvalue weighted by atomic mass is 16.4. The molecule has 2 atom stereocenters. The summed E-state index contributed by atoms with van der Waals surface area (Å²) in [5.74, 6) is 0.527. The summed E-state index contributed by atoms with van der Waals surface area (Å²) in [7, 11) is 0. The van der Waals surface area contributed by atoms with Crippen molar-refractivity contribution < 1.29 is 5.21 Å². The van der Waals surface area contributed by atoms with Crippen LogP contribution in [-0.2, 0) is 0 Å². The molecule has 0 amide bonds. The molecule has 0 aliphatic heterocycles. The second-order valence-electron chi connectivity index (χ2n) is 2.91. The Morgan fingerprint density at radius 1 is 1.55 bits per heavy atom. The standard InChI is InChI=1S/C8H12N2O/c1-5-3-4-7(10-11)8(9)6(5)2/h3-6,9,11H,1-2H3/b9-8?,10-7-. The van der Waals surface area contributed by atoms with Gasteiger partial charge in [0.2, 0.25) is 0 Å². The molecule has 1 aliphatic rings. The first-order valence-corrected chi connectivity index (χ1v) is 3.66. The van der Waals surface area contributed by atoms with E-state index < -0.39 is 0 Å². The van der Waals surface area contributed by atoms with Crippen LogP contribution in [0.2, 0.25) is 0 Å². The van der Waals surface area contributed by atoms with Crippen molar-refractivity contribution in [1.82, 2.24) is 0 Å². The summed E-state index contributed by atoms with van der Waals surface area (Å²) in [6.07, 6.45) is 3.64. The summed E-state index contributed by atoms with van der Waals surface area (Å²) in [6, 6.07) is 0. The van der Waals surface area contributed by atoms with Crippen molar-refractivity contribution in [1.29, 1.82) is 5.41 Å². The van der Waals surface area contributed by atoms with Crippen molar-refractivity contribution in [2.75, 3.05) is 0 Å². The van der Waals surface area contributed by atoms with Crippen LogP contribution in [0.25, 0.3) is 0 Å². The second-order valence-corrected chi connectivity index (χ2v) is 2.91. The first-order valence-electron chi connectivity index (χ1n) is 3.66. The van der Waals surface area contributed by atoms with Crippen molar-refractivity contribution >= 4 is 11.4 Å². The van der Waals surface area contributed by atoms with Gasteiger partial charge >= 0.3 is 0 Å². The van der Waals surface area contributed by atoms with Crippen LogP contribution in [0.5, 0.6) is 0 Å². The molecule has 0 aromatic rings. The van der Waals surface area contributed by atoms with E-state index in [1.165, 1.54) is 0 Å². The smallest absolute Gasteiger partial charge is 0.123 e. The molecule has 3 heteroatoms. The Bertz CT molecular complexity index is 230. The highest BCUT2D eigenvalue weighted by Gasteiger charge is 2.22. The van der Waals surface area contributed by atoms with Crippen molar-refractivity contribution in [2.45, 2.75) is 13.8 Å². The first-order chi connectivity index (χ1) is 5.16. The van der Waals surface area contributed by atoms with E-state index in [4.69, 9.17) is 10.6 Å². The molecule has 0 heterocycles. The van der Waals surface area contributed by atoms with E-state index in [1.54, 1.807) is 6.08 Å². The number of hydrogen-bond acceptors (Lipinski definition) is 3. The molecule has 0 saturated carbocycles. The molecule has 0 aromatic carbocycles. The van der Waals surface area contributed by atoms with E-state index in [9.17, 15) is 0 Å². The molecule has 0 aromatic heterocycles.